The molecule has 0 amide bonds. The number of anilines is 1. The summed E-state index contributed by atoms with van der Waals surface area (Å²) < 4.78 is 3.47. The minimum Gasteiger partial charge on any atom is -0.357 e. The summed E-state index contributed by atoms with van der Waals surface area (Å²) in [7, 11) is 0. The molecule has 4 heteroatoms. The van der Waals surface area contributed by atoms with Gasteiger partial charge >= 0.3 is 0 Å². The summed E-state index contributed by atoms with van der Waals surface area (Å²) >= 11 is 2.35. The lowest BCUT2D eigenvalue weighted by molar-refractivity contribution is 0.453. The van der Waals surface area contributed by atoms with E-state index in [1.807, 2.05) is 0 Å². The van der Waals surface area contributed by atoms with Crippen molar-refractivity contribution in [1.29, 1.82) is 0 Å². The molecule has 0 radical (unpaired) electrons. The quantitative estimate of drug-likeness (QED) is 0.764. The summed E-state index contributed by atoms with van der Waals surface area (Å²) in [5, 5.41) is 4.73. The van der Waals surface area contributed by atoms with Gasteiger partial charge in [-0.2, -0.15) is 5.10 Å². The molecule has 0 aromatic carbocycles. The molecule has 1 aliphatic carbocycles. The molecule has 94 valence electrons. The van der Waals surface area contributed by atoms with Crippen molar-refractivity contribution in [1.82, 2.24) is 9.78 Å². The molecule has 0 unspecified atom stereocenters. The van der Waals surface area contributed by atoms with E-state index in [0.29, 0.717) is 6.04 Å². The first-order chi connectivity index (χ1) is 8.34. The van der Waals surface area contributed by atoms with Gasteiger partial charge in [0, 0.05) is 19.2 Å². The number of hydrogen-bond acceptors (Lipinski definition) is 2. The maximum atomic E-state index is 4.73. The van der Waals surface area contributed by atoms with Crippen molar-refractivity contribution < 1.29 is 0 Å². The Bertz CT molecular complexity index is 376. The van der Waals surface area contributed by atoms with Crippen LogP contribution in [0.4, 0.5) is 5.82 Å². The Morgan fingerprint density at radius 3 is 2.47 bits per heavy atom. The third-order valence-electron chi connectivity index (χ3n) is 4.04. The zero-order valence-corrected chi connectivity index (χ0v) is 12.4. The van der Waals surface area contributed by atoms with Crippen molar-refractivity contribution in [3.05, 3.63) is 9.77 Å². The van der Waals surface area contributed by atoms with Crippen LogP contribution in [-0.2, 0) is 0 Å². The van der Waals surface area contributed by atoms with E-state index in [-0.39, 0.29) is 0 Å². The molecule has 2 heterocycles. The Balaban J connectivity index is 1.86. The van der Waals surface area contributed by atoms with Crippen molar-refractivity contribution >= 4 is 28.4 Å². The van der Waals surface area contributed by atoms with Crippen LogP contribution in [0.2, 0.25) is 0 Å². The van der Waals surface area contributed by atoms with Gasteiger partial charge in [-0.15, -0.1) is 0 Å². The second-order valence-electron chi connectivity index (χ2n) is 5.26. The van der Waals surface area contributed by atoms with Crippen LogP contribution in [-0.4, -0.2) is 22.9 Å². The monoisotopic (exact) mass is 345 g/mol. The average Bonchev–Trinajstić information content (AvgIpc) is 2.98. The van der Waals surface area contributed by atoms with Crippen molar-refractivity contribution in [2.24, 2.45) is 0 Å². The number of nitrogens with zero attached hydrogens (tertiary/aromatic N) is 3. The van der Waals surface area contributed by atoms with Crippen LogP contribution in [0.25, 0.3) is 0 Å². The van der Waals surface area contributed by atoms with Gasteiger partial charge in [0.1, 0.15) is 9.52 Å². The normalized spacial score (nSPS) is 22.3. The van der Waals surface area contributed by atoms with Gasteiger partial charge in [0.25, 0.3) is 0 Å². The van der Waals surface area contributed by atoms with Gasteiger partial charge in [-0.3, -0.25) is 0 Å². The van der Waals surface area contributed by atoms with E-state index in [0.717, 1.165) is 3.70 Å². The third-order valence-corrected chi connectivity index (χ3v) is 4.56. The molecule has 3 rings (SSSR count). The van der Waals surface area contributed by atoms with Crippen molar-refractivity contribution in [2.75, 3.05) is 18.0 Å². The minimum atomic E-state index is 0.662. The fraction of sp³-hybridized carbons (Fsp3) is 0.769. The SMILES string of the molecule is Ic1cc(N2CCCCC2)n(C2CCCC2)n1. The van der Waals surface area contributed by atoms with Gasteiger partial charge in [0.2, 0.25) is 0 Å². The molecular weight excluding hydrogens is 325 g/mol. The van der Waals surface area contributed by atoms with E-state index in [4.69, 9.17) is 5.10 Å². The number of hydrogen-bond donors (Lipinski definition) is 0. The van der Waals surface area contributed by atoms with Gasteiger partial charge in [0.05, 0.1) is 6.04 Å². The Hall–Kier alpha value is -0.260. The zero-order valence-electron chi connectivity index (χ0n) is 10.2. The van der Waals surface area contributed by atoms with Gasteiger partial charge in [0.15, 0.2) is 0 Å². The Morgan fingerprint density at radius 1 is 1.06 bits per heavy atom. The van der Waals surface area contributed by atoms with E-state index in [1.165, 1.54) is 63.9 Å². The molecule has 0 bridgehead atoms. The highest BCUT2D eigenvalue weighted by Crippen LogP contribution is 2.34. The molecule has 2 aliphatic rings. The fourth-order valence-electron chi connectivity index (χ4n) is 3.13. The van der Waals surface area contributed by atoms with Crippen LogP contribution in [0.15, 0.2) is 6.07 Å². The van der Waals surface area contributed by atoms with E-state index < -0.39 is 0 Å². The van der Waals surface area contributed by atoms with E-state index in [9.17, 15) is 0 Å². The highest BCUT2D eigenvalue weighted by molar-refractivity contribution is 14.1. The lowest BCUT2D eigenvalue weighted by Gasteiger charge is -2.30. The van der Waals surface area contributed by atoms with Crippen LogP contribution in [0.5, 0.6) is 0 Å². The maximum absolute atomic E-state index is 4.73. The number of rotatable bonds is 2. The average molecular weight is 345 g/mol. The smallest absolute Gasteiger partial charge is 0.128 e. The van der Waals surface area contributed by atoms with Crippen LogP contribution in [0.3, 0.4) is 0 Å². The summed E-state index contributed by atoms with van der Waals surface area (Å²) in [6.07, 6.45) is 9.46. The Morgan fingerprint density at radius 2 is 1.76 bits per heavy atom. The molecule has 1 aromatic heterocycles. The van der Waals surface area contributed by atoms with Gasteiger partial charge in [-0.05, 0) is 54.7 Å². The van der Waals surface area contributed by atoms with E-state index in [2.05, 4.69) is 38.2 Å². The second kappa shape index (κ2) is 5.16. The van der Waals surface area contributed by atoms with Crippen molar-refractivity contribution in [3.63, 3.8) is 0 Å². The van der Waals surface area contributed by atoms with Crippen molar-refractivity contribution in [3.8, 4) is 0 Å². The molecule has 2 fully saturated rings. The van der Waals surface area contributed by atoms with Crippen LogP contribution in [0, 0.1) is 3.70 Å². The summed E-state index contributed by atoms with van der Waals surface area (Å²) in [4.78, 5) is 2.54. The van der Waals surface area contributed by atoms with Gasteiger partial charge < -0.3 is 4.90 Å². The Labute approximate surface area is 117 Å². The molecule has 1 aromatic rings. The topological polar surface area (TPSA) is 21.1 Å². The minimum absolute atomic E-state index is 0.662. The van der Waals surface area contributed by atoms with E-state index >= 15 is 0 Å². The van der Waals surface area contributed by atoms with Crippen LogP contribution in [0.1, 0.15) is 51.0 Å². The molecule has 3 nitrogen and oxygen atoms in total. The Kier molecular flexibility index (Phi) is 3.59. The van der Waals surface area contributed by atoms with E-state index in [1.54, 1.807) is 0 Å². The number of halogens is 1. The van der Waals surface area contributed by atoms with Crippen LogP contribution >= 0.6 is 22.6 Å². The summed E-state index contributed by atoms with van der Waals surface area (Å²) in [6, 6.07) is 2.93. The largest absolute Gasteiger partial charge is 0.357 e. The summed E-state index contributed by atoms with van der Waals surface area (Å²) in [6.45, 7) is 2.43. The number of aromatic nitrogens is 2. The first-order valence-electron chi connectivity index (χ1n) is 6.84. The highest BCUT2D eigenvalue weighted by atomic mass is 127. The second-order valence-corrected chi connectivity index (χ2v) is 6.36. The standard InChI is InChI=1S/C13H20IN3/c14-12-10-13(16-8-4-1-5-9-16)17(15-12)11-6-2-3-7-11/h10-11H,1-9H2. The van der Waals surface area contributed by atoms with Gasteiger partial charge in [-0.1, -0.05) is 12.8 Å². The predicted octanol–water partition coefficient (Wildman–Crippen LogP) is 3.59. The summed E-state index contributed by atoms with van der Waals surface area (Å²) in [5.41, 5.74) is 0. The fourth-order valence-corrected chi connectivity index (χ4v) is 3.64. The molecule has 17 heavy (non-hydrogen) atoms. The third kappa shape index (κ3) is 2.46. The summed E-state index contributed by atoms with van der Waals surface area (Å²) in [5.74, 6) is 1.38. The number of piperidine rings is 1. The maximum Gasteiger partial charge on any atom is 0.128 e. The predicted molar refractivity (Wildman–Crippen MR) is 78.5 cm³/mol. The lowest BCUT2D eigenvalue weighted by atomic mass is 10.1. The van der Waals surface area contributed by atoms with Crippen molar-refractivity contribution in [2.45, 2.75) is 51.0 Å². The molecule has 0 N–H and O–H groups in total. The molecule has 0 atom stereocenters. The molecule has 1 aliphatic heterocycles. The highest BCUT2D eigenvalue weighted by Gasteiger charge is 2.24. The van der Waals surface area contributed by atoms with Crippen LogP contribution < -0.4 is 4.90 Å². The lowest BCUT2D eigenvalue weighted by Crippen LogP contribution is -2.32. The molecular formula is C13H20IN3. The molecule has 0 spiro atoms. The molecule has 1 saturated heterocycles. The first-order valence-corrected chi connectivity index (χ1v) is 7.92. The first kappa shape index (κ1) is 11.8. The molecule has 1 saturated carbocycles. The van der Waals surface area contributed by atoms with Gasteiger partial charge in [-0.25, -0.2) is 4.68 Å². The zero-order chi connectivity index (χ0) is 11.7.